The second kappa shape index (κ2) is 4.10. The lowest BCUT2D eigenvalue weighted by Crippen LogP contribution is -2.33. The summed E-state index contributed by atoms with van der Waals surface area (Å²) in [7, 11) is 0. The van der Waals surface area contributed by atoms with Crippen LogP contribution in [0, 0.1) is 0 Å². The maximum absolute atomic E-state index is 9.76. The monoisotopic (exact) mass is 219 g/mol. The van der Waals surface area contributed by atoms with Crippen LogP contribution in [0.2, 0.25) is 0 Å². The molecule has 1 aliphatic rings. The Balaban J connectivity index is 2.40. The molecule has 2 heteroatoms. The van der Waals surface area contributed by atoms with Crippen molar-refractivity contribution in [1.82, 2.24) is 0 Å². The maximum atomic E-state index is 9.76. The zero-order chi connectivity index (χ0) is 11.8. The summed E-state index contributed by atoms with van der Waals surface area (Å²) < 4.78 is 0. The second-order valence-electron chi connectivity index (χ2n) is 5.33. The first-order chi connectivity index (χ1) is 7.51. The Morgan fingerprint density at radius 1 is 1.19 bits per heavy atom. The number of phenols is 1. The fourth-order valence-corrected chi connectivity index (χ4v) is 2.55. The Labute approximate surface area is 97.5 Å². The molecule has 1 saturated carbocycles. The van der Waals surface area contributed by atoms with Crippen LogP contribution in [0.4, 0.5) is 0 Å². The molecule has 0 radical (unpaired) electrons. The van der Waals surface area contributed by atoms with Gasteiger partial charge in [0.05, 0.1) is 0 Å². The Kier molecular flexibility index (Phi) is 2.94. The molecule has 3 N–H and O–H groups in total. The molecule has 1 aromatic rings. The van der Waals surface area contributed by atoms with Gasteiger partial charge in [-0.25, -0.2) is 0 Å². The van der Waals surface area contributed by atoms with E-state index >= 15 is 0 Å². The Morgan fingerprint density at radius 2 is 1.81 bits per heavy atom. The van der Waals surface area contributed by atoms with Crippen LogP contribution in [0.3, 0.4) is 0 Å². The first kappa shape index (κ1) is 11.5. The summed E-state index contributed by atoms with van der Waals surface area (Å²) >= 11 is 0. The molecule has 0 saturated heterocycles. The smallest absolute Gasteiger partial charge is 0.116 e. The Bertz CT molecular complexity index is 378. The summed E-state index contributed by atoms with van der Waals surface area (Å²) in [6.07, 6.45) is 4.47. The molecule has 0 spiro atoms. The average molecular weight is 219 g/mol. The first-order valence-corrected chi connectivity index (χ1v) is 6.14. The van der Waals surface area contributed by atoms with Gasteiger partial charge in [-0.3, -0.25) is 0 Å². The number of hydrogen-bond acceptors (Lipinski definition) is 2. The van der Waals surface area contributed by atoms with Gasteiger partial charge in [0, 0.05) is 5.54 Å². The molecule has 1 aromatic carbocycles. The standard InChI is InChI=1S/C14H21NO/c1-10(2)11-7-12(9-13(16)8-11)14(15)5-3-4-6-14/h7-10,16H,3-6,15H2,1-2H3. The van der Waals surface area contributed by atoms with Crippen molar-refractivity contribution in [1.29, 1.82) is 0 Å². The van der Waals surface area contributed by atoms with E-state index in [0.29, 0.717) is 11.7 Å². The first-order valence-electron chi connectivity index (χ1n) is 6.14. The highest BCUT2D eigenvalue weighted by atomic mass is 16.3. The van der Waals surface area contributed by atoms with Crippen LogP contribution in [-0.2, 0) is 5.54 Å². The molecule has 0 atom stereocenters. The van der Waals surface area contributed by atoms with Crippen LogP contribution in [0.15, 0.2) is 18.2 Å². The molecule has 0 aliphatic heterocycles. The number of phenolic OH excluding ortho intramolecular Hbond substituents is 1. The number of hydrogen-bond donors (Lipinski definition) is 2. The quantitative estimate of drug-likeness (QED) is 0.802. The van der Waals surface area contributed by atoms with Gasteiger partial charge < -0.3 is 10.8 Å². The van der Waals surface area contributed by atoms with Gasteiger partial charge in [0.15, 0.2) is 0 Å². The molecule has 88 valence electrons. The van der Waals surface area contributed by atoms with Gasteiger partial charge >= 0.3 is 0 Å². The van der Waals surface area contributed by atoms with E-state index in [1.165, 1.54) is 18.4 Å². The molecular formula is C14H21NO. The van der Waals surface area contributed by atoms with Gasteiger partial charge in [-0.05, 0) is 42.0 Å². The third-order valence-electron chi connectivity index (χ3n) is 3.68. The summed E-state index contributed by atoms with van der Waals surface area (Å²) in [5.41, 5.74) is 8.48. The van der Waals surface area contributed by atoms with Gasteiger partial charge in [-0.15, -0.1) is 0 Å². The minimum atomic E-state index is -0.206. The molecule has 0 bridgehead atoms. The molecule has 1 aliphatic carbocycles. The van der Waals surface area contributed by atoms with Gasteiger partial charge in [0.25, 0.3) is 0 Å². The van der Waals surface area contributed by atoms with Gasteiger partial charge in [0.2, 0.25) is 0 Å². The van der Waals surface area contributed by atoms with Crippen molar-refractivity contribution < 1.29 is 5.11 Å². The van der Waals surface area contributed by atoms with Gasteiger partial charge in [-0.1, -0.05) is 32.8 Å². The van der Waals surface area contributed by atoms with E-state index in [1.54, 1.807) is 0 Å². The molecule has 0 heterocycles. The van der Waals surface area contributed by atoms with Gasteiger partial charge in [0.1, 0.15) is 5.75 Å². The lowest BCUT2D eigenvalue weighted by Gasteiger charge is -2.25. The van der Waals surface area contributed by atoms with Crippen molar-refractivity contribution in [2.75, 3.05) is 0 Å². The summed E-state index contributed by atoms with van der Waals surface area (Å²) in [5, 5.41) is 9.76. The van der Waals surface area contributed by atoms with E-state index in [0.717, 1.165) is 18.4 Å². The molecular weight excluding hydrogens is 198 g/mol. The van der Waals surface area contributed by atoms with Crippen LogP contribution in [-0.4, -0.2) is 5.11 Å². The topological polar surface area (TPSA) is 46.2 Å². The van der Waals surface area contributed by atoms with E-state index in [1.807, 2.05) is 12.1 Å². The van der Waals surface area contributed by atoms with E-state index in [9.17, 15) is 5.11 Å². The third kappa shape index (κ3) is 2.07. The van der Waals surface area contributed by atoms with E-state index in [2.05, 4.69) is 19.9 Å². The molecule has 0 amide bonds. The van der Waals surface area contributed by atoms with Crippen molar-refractivity contribution in [3.8, 4) is 5.75 Å². The van der Waals surface area contributed by atoms with Crippen LogP contribution in [0.1, 0.15) is 56.6 Å². The Morgan fingerprint density at radius 3 is 2.38 bits per heavy atom. The lowest BCUT2D eigenvalue weighted by atomic mass is 9.86. The fraction of sp³-hybridized carbons (Fsp3) is 0.571. The zero-order valence-electron chi connectivity index (χ0n) is 10.2. The molecule has 2 rings (SSSR count). The molecule has 2 nitrogen and oxygen atoms in total. The normalized spacial score (nSPS) is 19.2. The van der Waals surface area contributed by atoms with Crippen LogP contribution >= 0.6 is 0 Å². The minimum absolute atomic E-state index is 0.206. The largest absolute Gasteiger partial charge is 0.508 e. The van der Waals surface area contributed by atoms with Crippen LogP contribution in [0.25, 0.3) is 0 Å². The number of nitrogens with two attached hydrogens (primary N) is 1. The minimum Gasteiger partial charge on any atom is -0.508 e. The van der Waals surface area contributed by atoms with E-state index in [4.69, 9.17) is 5.73 Å². The second-order valence-corrected chi connectivity index (χ2v) is 5.33. The van der Waals surface area contributed by atoms with Crippen molar-refractivity contribution in [3.63, 3.8) is 0 Å². The SMILES string of the molecule is CC(C)c1cc(O)cc(C2(N)CCCC2)c1. The fourth-order valence-electron chi connectivity index (χ4n) is 2.55. The summed E-state index contributed by atoms with van der Waals surface area (Å²) in [4.78, 5) is 0. The molecule has 1 fully saturated rings. The van der Waals surface area contributed by atoms with Gasteiger partial charge in [-0.2, -0.15) is 0 Å². The highest BCUT2D eigenvalue weighted by Gasteiger charge is 2.31. The molecule has 0 unspecified atom stereocenters. The predicted octanol–water partition coefficient (Wildman–Crippen LogP) is 3.24. The summed E-state index contributed by atoms with van der Waals surface area (Å²) in [6, 6.07) is 5.83. The van der Waals surface area contributed by atoms with Crippen LogP contribution in [0.5, 0.6) is 5.75 Å². The average Bonchev–Trinajstić information content (AvgIpc) is 2.65. The number of rotatable bonds is 2. The predicted molar refractivity (Wildman–Crippen MR) is 66.5 cm³/mol. The Hall–Kier alpha value is -1.02. The van der Waals surface area contributed by atoms with Crippen molar-refractivity contribution in [2.45, 2.75) is 51.0 Å². The summed E-state index contributed by atoms with van der Waals surface area (Å²) in [5.74, 6) is 0.772. The van der Waals surface area contributed by atoms with E-state index in [-0.39, 0.29) is 5.54 Å². The van der Waals surface area contributed by atoms with Crippen molar-refractivity contribution in [3.05, 3.63) is 29.3 Å². The molecule has 16 heavy (non-hydrogen) atoms. The number of benzene rings is 1. The lowest BCUT2D eigenvalue weighted by molar-refractivity contribution is 0.445. The van der Waals surface area contributed by atoms with Crippen LogP contribution < -0.4 is 5.73 Å². The van der Waals surface area contributed by atoms with E-state index < -0.39 is 0 Å². The van der Waals surface area contributed by atoms with Crippen molar-refractivity contribution in [2.24, 2.45) is 5.73 Å². The number of aromatic hydroxyl groups is 1. The zero-order valence-corrected chi connectivity index (χ0v) is 10.2. The highest BCUT2D eigenvalue weighted by molar-refractivity contribution is 5.39. The molecule has 0 aromatic heterocycles. The van der Waals surface area contributed by atoms with Crippen molar-refractivity contribution >= 4 is 0 Å². The maximum Gasteiger partial charge on any atom is 0.116 e. The third-order valence-corrected chi connectivity index (χ3v) is 3.68. The highest BCUT2D eigenvalue weighted by Crippen LogP contribution is 2.38. The summed E-state index contributed by atoms with van der Waals surface area (Å²) in [6.45, 7) is 4.27.